The number of nitrogens with one attached hydrogen (secondary N) is 2. The zero-order valence-corrected chi connectivity index (χ0v) is 13.7. The predicted molar refractivity (Wildman–Crippen MR) is 87.6 cm³/mol. The van der Waals surface area contributed by atoms with Crippen LogP contribution in [0.25, 0.3) is 0 Å². The first-order valence-corrected chi connectivity index (χ1v) is 8.79. The Labute approximate surface area is 143 Å². The van der Waals surface area contributed by atoms with Crippen molar-refractivity contribution in [1.29, 1.82) is 0 Å². The highest BCUT2D eigenvalue weighted by molar-refractivity contribution is 7.92. The van der Waals surface area contributed by atoms with Gasteiger partial charge in [-0.05, 0) is 35.9 Å². The highest BCUT2D eigenvalue weighted by Crippen LogP contribution is 2.18. The van der Waals surface area contributed by atoms with Gasteiger partial charge in [0, 0.05) is 5.69 Å². The average Bonchev–Trinajstić information content (AvgIpc) is 2.88. The molecule has 7 nitrogen and oxygen atoms in total. The number of urea groups is 1. The molecule has 1 fully saturated rings. The number of carbonyl (C=O) groups excluding carboxylic acids is 2. The second kappa shape index (κ2) is 6.52. The van der Waals surface area contributed by atoms with Crippen LogP contribution in [0.15, 0.2) is 53.4 Å². The molecule has 0 aliphatic carbocycles. The van der Waals surface area contributed by atoms with Gasteiger partial charge in [-0.2, -0.15) is 0 Å². The van der Waals surface area contributed by atoms with Crippen LogP contribution in [0.4, 0.5) is 14.9 Å². The van der Waals surface area contributed by atoms with Crippen molar-refractivity contribution in [2.45, 2.75) is 11.4 Å². The maximum Gasteiger partial charge on any atom is 0.324 e. The topological polar surface area (TPSA) is 95.6 Å². The molecular formula is C16H14FN3O4S. The van der Waals surface area contributed by atoms with E-state index in [2.05, 4.69) is 10.0 Å². The minimum absolute atomic E-state index is 0.0235. The number of anilines is 1. The lowest BCUT2D eigenvalue weighted by atomic mass is 10.2. The van der Waals surface area contributed by atoms with Gasteiger partial charge in [0.15, 0.2) is 0 Å². The standard InChI is InChI=1S/C16H14FN3O4S/c17-12-2-1-3-14(8-12)25(23,24)19-13-6-4-11(5-7-13)10-20-15(21)9-18-16(20)22/h1-8,19H,9-10H2,(H,18,22). The maximum absolute atomic E-state index is 13.2. The number of amides is 3. The number of halogens is 1. The van der Waals surface area contributed by atoms with E-state index >= 15 is 0 Å². The minimum atomic E-state index is -3.91. The van der Waals surface area contributed by atoms with E-state index in [1.807, 2.05) is 0 Å². The summed E-state index contributed by atoms with van der Waals surface area (Å²) in [6.07, 6.45) is 0. The second-order valence-corrected chi connectivity index (χ2v) is 7.08. The highest BCUT2D eigenvalue weighted by Gasteiger charge is 2.28. The van der Waals surface area contributed by atoms with E-state index in [1.165, 1.54) is 24.3 Å². The molecule has 3 amide bonds. The number of carbonyl (C=O) groups is 2. The van der Waals surface area contributed by atoms with Crippen LogP contribution in [0.2, 0.25) is 0 Å². The van der Waals surface area contributed by atoms with E-state index in [-0.39, 0.29) is 29.6 Å². The summed E-state index contributed by atoms with van der Waals surface area (Å²) in [7, 11) is -3.91. The lowest BCUT2D eigenvalue weighted by Crippen LogP contribution is -2.30. The zero-order valence-electron chi connectivity index (χ0n) is 12.9. The number of rotatable bonds is 5. The molecule has 2 aromatic rings. The third-order valence-electron chi connectivity index (χ3n) is 3.59. The van der Waals surface area contributed by atoms with Crippen molar-refractivity contribution in [2.24, 2.45) is 0 Å². The van der Waals surface area contributed by atoms with E-state index in [4.69, 9.17) is 0 Å². The maximum atomic E-state index is 13.2. The molecule has 1 heterocycles. The number of sulfonamides is 1. The van der Waals surface area contributed by atoms with Crippen LogP contribution in [0.1, 0.15) is 5.56 Å². The molecule has 2 N–H and O–H groups in total. The van der Waals surface area contributed by atoms with Crippen molar-refractivity contribution in [2.75, 3.05) is 11.3 Å². The molecule has 1 aliphatic rings. The predicted octanol–water partition coefficient (Wildman–Crippen LogP) is 1.68. The van der Waals surface area contributed by atoms with Crippen LogP contribution in [0.3, 0.4) is 0 Å². The molecule has 0 aromatic heterocycles. The van der Waals surface area contributed by atoms with Gasteiger partial charge in [0.05, 0.1) is 18.0 Å². The molecule has 25 heavy (non-hydrogen) atoms. The molecular weight excluding hydrogens is 349 g/mol. The first-order chi connectivity index (χ1) is 11.8. The normalized spacial score (nSPS) is 14.5. The summed E-state index contributed by atoms with van der Waals surface area (Å²) in [4.78, 5) is 23.9. The van der Waals surface area contributed by atoms with E-state index in [0.29, 0.717) is 5.56 Å². The van der Waals surface area contributed by atoms with Crippen LogP contribution in [-0.2, 0) is 21.4 Å². The monoisotopic (exact) mass is 363 g/mol. The number of hydrogen-bond acceptors (Lipinski definition) is 4. The Hall–Kier alpha value is -2.94. The summed E-state index contributed by atoms with van der Waals surface area (Å²) < 4.78 is 40.0. The molecule has 0 bridgehead atoms. The van der Waals surface area contributed by atoms with Crippen molar-refractivity contribution in [3.63, 3.8) is 0 Å². The average molecular weight is 363 g/mol. The van der Waals surface area contributed by atoms with Crippen molar-refractivity contribution in [3.8, 4) is 0 Å². The molecule has 3 rings (SSSR count). The number of imide groups is 1. The van der Waals surface area contributed by atoms with E-state index in [0.717, 1.165) is 17.0 Å². The van der Waals surface area contributed by atoms with Gasteiger partial charge in [-0.1, -0.05) is 18.2 Å². The Kier molecular flexibility index (Phi) is 4.41. The first-order valence-electron chi connectivity index (χ1n) is 7.31. The van der Waals surface area contributed by atoms with E-state index < -0.39 is 21.9 Å². The molecule has 2 aromatic carbocycles. The highest BCUT2D eigenvalue weighted by atomic mass is 32.2. The Balaban J connectivity index is 1.72. The number of benzene rings is 2. The molecule has 1 aliphatic heterocycles. The fourth-order valence-corrected chi connectivity index (χ4v) is 3.41. The minimum Gasteiger partial charge on any atom is -0.329 e. The summed E-state index contributed by atoms with van der Waals surface area (Å²) in [5.41, 5.74) is 0.948. The first kappa shape index (κ1) is 16.9. The van der Waals surface area contributed by atoms with Gasteiger partial charge in [0.2, 0.25) is 5.91 Å². The second-order valence-electron chi connectivity index (χ2n) is 5.40. The summed E-state index contributed by atoms with van der Waals surface area (Å²) >= 11 is 0. The number of hydrogen-bond donors (Lipinski definition) is 2. The van der Waals surface area contributed by atoms with Gasteiger partial charge in [0.1, 0.15) is 5.82 Å². The molecule has 0 saturated carbocycles. The number of nitrogens with zero attached hydrogens (tertiary/aromatic N) is 1. The Morgan fingerprint density at radius 3 is 2.44 bits per heavy atom. The smallest absolute Gasteiger partial charge is 0.324 e. The van der Waals surface area contributed by atoms with Gasteiger partial charge in [0.25, 0.3) is 10.0 Å². The molecule has 0 spiro atoms. The van der Waals surface area contributed by atoms with E-state index in [9.17, 15) is 22.4 Å². The third kappa shape index (κ3) is 3.77. The van der Waals surface area contributed by atoms with Crippen molar-refractivity contribution >= 4 is 27.6 Å². The van der Waals surface area contributed by atoms with Crippen LogP contribution in [0.5, 0.6) is 0 Å². The zero-order chi connectivity index (χ0) is 18.0. The van der Waals surface area contributed by atoms with Gasteiger partial charge >= 0.3 is 6.03 Å². The fraction of sp³-hybridized carbons (Fsp3) is 0.125. The lowest BCUT2D eigenvalue weighted by Gasteiger charge is -2.13. The SMILES string of the molecule is O=C1CNC(=O)N1Cc1ccc(NS(=O)(=O)c2cccc(F)c2)cc1. The summed E-state index contributed by atoms with van der Waals surface area (Å²) in [5.74, 6) is -0.965. The van der Waals surface area contributed by atoms with Crippen LogP contribution >= 0.6 is 0 Å². The fourth-order valence-electron chi connectivity index (χ4n) is 2.32. The van der Waals surface area contributed by atoms with Crippen molar-refractivity contribution < 1.29 is 22.4 Å². The lowest BCUT2D eigenvalue weighted by molar-refractivity contribution is -0.125. The summed E-state index contributed by atoms with van der Waals surface area (Å²) in [6.45, 7) is 0.0753. The largest absolute Gasteiger partial charge is 0.329 e. The van der Waals surface area contributed by atoms with E-state index in [1.54, 1.807) is 12.1 Å². The van der Waals surface area contributed by atoms with Crippen LogP contribution in [-0.4, -0.2) is 31.8 Å². The van der Waals surface area contributed by atoms with Crippen LogP contribution in [0, 0.1) is 5.82 Å². The van der Waals surface area contributed by atoms with Gasteiger partial charge in [-0.25, -0.2) is 17.6 Å². The molecule has 0 radical (unpaired) electrons. The quantitative estimate of drug-likeness (QED) is 0.790. The molecule has 130 valence electrons. The van der Waals surface area contributed by atoms with Gasteiger partial charge in [-0.3, -0.25) is 14.4 Å². The molecule has 1 saturated heterocycles. The van der Waals surface area contributed by atoms with Crippen molar-refractivity contribution in [1.82, 2.24) is 10.2 Å². The Morgan fingerprint density at radius 2 is 1.84 bits per heavy atom. The summed E-state index contributed by atoms with van der Waals surface area (Å²) in [6, 6.07) is 10.4. The molecule has 9 heteroatoms. The molecule has 0 atom stereocenters. The van der Waals surface area contributed by atoms with Gasteiger partial charge < -0.3 is 5.32 Å². The molecule has 0 unspecified atom stereocenters. The van der Waals surface area contributed by atoms with Gasteiger partial charge in [-0.15, -0.1) is 0 Å². The third-order valence-corrected chi connectivity index (χ3v) is 4.97. The summed E-state index contributed by atoms with van der Waals surface area (Å²) in [5, 5.41) is 2.42. The Morgan fingerprint density at radius 1 is 1.12 bits per heavy atom. The van der Waals surface area contributed by atoms with Crippen molar-refractivity contribution in [3.05, 3.63) is 59.9 Å². The Bertz CT molecular complexity index is 913. The van der Waals surface area contributed by atoms with Crippen LogP contribution < -0.4 is 10.0 Å².